The van der Waals surface area contributed by atoms with E-state index in [0.29, 0.717) is 11.3 Å². The number of rotatable bonds is 3. The van der Waals surface area contributed by atoms with Crippen LogP contribution in [0.3, 0.4) is 0 Å². The van der Waals surface area contributed by atoms with Crippen LogP contribution in [-0.4, -0.2) is 21.5 Å². The Labute approximate surface area is 201 Å². The first-order valence-corrected chi connectivity index (χ1v) is 11.1. The minimum absolute atomic E-state index is 0.0131. The van der Waals surface area contributed by atoms with Gasteiger partial charge in [-0.15, -0.1) is 0 Å². The van der Waals surface area contributed by atoms with Crippen LogP contribution in [0.2, 0.25) is 0 Å². The SMILES string of the molecule is Cc1cc(/C=C2/C(=O)NC(=S)N(c3cccc4ccccc34)C2=O)c(C)n1-c1ccc(F)cc1. The van der Waals surface area contributed by atoms with Gasteiger partial charge in [0.2, 0.25) is 0 Å². The standard InChI is InChI=1S/C27H20FN3O2S/c1-16-14-19(17(2)30(16)21-12-10-20(28)11-13-21)15-23-25(32)29-27(34)31(26(23)33)24-9-5-7-18-6-3-4-8-22(18)24/h3-15H,1-2H3,(H,29,32,34)/b23-15-. The lowest BCUT2D eigenvalue weighted by atomic mass is 10.0. The van der Waals surface area contributed by atoms with Crippen LogP contribution in [0, 0.1) is 19.7 Å². The second kappa shape index (κ2) is 8.35. The third kappa shape index (κ3) is 3.60. The zero-order valence-electron chi connectivity index (χ0n) is 18.5. The Balaban J connectivity index is 1.59. The fourth-order valence-electron chi connectivity index (χ4n) is 4.36. The fraction of sp³-hybridized carbons (Fsp3) is 0.0741. The Morgan fingerprint density at radius 2 is 1.65 bits per heavy atom. The highest BCUT2D eigenvalue weighted by molar-refractivity contribution is 7.80. The summed E-state index contributed by atoms with van der Waals surface area (Å²) >= 11 is 5.38. The summed E-state index contributed by atoms with van der Waals surface area (Å²) in [5, 5.41) is 4.51. The molecule has 2 heterocycles. The molecule has 3 aromatic carbocycles. The van der Waals surface area contributed by atoms with Gasteiger partial charge in [-0.2, -0.15) is 0 Å². The number of thiocarbonyl (C=S) groups is 1. The van der Waals surface area contributed by atoms with Crippen molar-refractivity contribution in [1.82, 2.24) is 9.88 Å². The van der Waals surface area contributed by atoms with Crippen molar-refractivity contribution in [2.45, 2.75) is 13.8 Å². The maximum atomic E-state index is 13.6. The van der Waals surface area contributed by atoms with Gasteiger partial charge in [0.25, 0.3) is 11.8 Å². The number of hydrogen-bond acceptors (Lipinski definition) is 3. The molecule has 1 aliphatic rings. The van der Waals surface area contributed by atoms with Gasteiger partial charge in [-0.25, -0.2) is 4.39 Å². The van der Waals surface area contributed by atoms with E-state index in [-0.39, 0.29) is 16.5 Å². The maximum absolute atomic E-state index is 13.6. The van der Waals surface area contributed by atoms with E-state index in [1.165, 1.54) is 17.0 Å². The average Bonchev–Trinajstić information content (AvgIpc) is 3.10. The molecule has 0 unspecified atom stereocenters. The van der Waals surface area contributed by atoms with E-state index in [1.54, 1.807) is 18.2 Å². The largest absolute Gasteiger partial charge is 0.318 e. The van der Waals surface area contributed by atoms with Crippen molar-refractivity contribution in [3.63, 3.8) is 0 Å². The van der Waals surface area contributed by atoms with E-state index in [2.05, 4.69) is 5.32 Å². The van der Waals surface area contributed by atoms with E-state index < -0.39 is 11.8 Å². The van der Waals surface area contributed by atoms with E-state index in [9.17, 15) is 14.0 Å². The lowest BCUT2D eigenvalue weighted by Crippen LogP contribution is -2.54. The van der Waals surface area contributed by atoms with Crippen molar-refractivity contribution in [3.05, 3.63) is 101 Å². The van der Waals surface area contributed by atoms with Crippen LogP contribution in [0.5, 0.6) is 0 Å². The van der Waals surface area contributed by atoms with Crippen molar-refractivity contribution in [2.24, 2.45) is 0 Å². The molecule has 0 aliphatic carbocycles. The Morgan fingerprint density at radius 1 is 0.941 bits per heavy atom. The molecule has 0 atom stereocenters. The smallest absolute Gasteiger partial charge is 0.270 e. The van der Waals surface area contributed by atoms with Gasteiger partial charge in [0, 0.05) is 22.5 Å². The number of halogens is 1. The molecule has 0 radical (unpaired) electrons. The predicted molar refractivity (Wildman–Crippen MR) is 135 cm³/mol. The summed E-state index contributed by atoms with van der Waals surface area (Å²) < 4.78 is 15.3. The highest BCUT2D eigenvalue weighted by Crippen LogP contribution is 2.30. The first-order chi connectivity index (χ1) is 16.3. The lowest BCUT2D eigenvalue weighted by Gasteiger charge is -2.29. The van der Waals surface area contributed by atoms with Crippen LogP contribution in [0.15, 0.2) is 78.4 Å². The second-order valence-electron chi connectivity index (χ2n) is 8.09. The molecule has 5 rings (SSSR count). The number of nitrogens with one attached hydrogen (secondary N) is 1. The monoisotopic (exact) mass is 469 g/mol. The van der Waals surface area contributed by atoms with Gasteiger partial charge in [0.1, 0.15) is 11.4 Å². The third-order valence-corrected chi connectivity index (χ3v) is 6.25. The van der Waals surface area contributed by atoms with Crippen molar-refractivity contribution < 1.29 is 14.0 Å². The predicted octanol–water partition coefficient (Wildman–Crippen LogP) is 5.22. The van der Waals surface area contributed by atoms with Gasteiger partial charge in [-0.05, 0) is 79.5 Å². The van der Waals surface area contributed by atoms with Crippen molar-refractivity contribution >= 4 is 51.7 Å². The lowest BCUT2D eigenvalue weighted by molar-refractivity contribution is -0.122. The second-order valence-corrected chi connectivity index (χ2v) is 8.48. The number of aryl methyl sites for hydroxylation is 1. The summed E-state index contributed by atoms with van der Waals surface area (Å²) in [6, 6.07) is 21.4. The number of aromatic nitrogens is 1. The average molecular weight is 470 g/mol. The quantitative estimate of drug-likeness (QED) is 0.254. The number of hydrogen-bond donors (Lipinski definition) is 1. The summed E-state index contributed by atoms with van der Waals surface area (Å²) in [7, 11) is 0. The van der Waals surface area contributed by atoms with E-state index in [0.717, 1.165) is 27.8 Å². The summed E-state index contributed by atoms with van der Waals surface area (Å²) in [5.74, 6) is -1.35. The molecule has 7 heteroatoms. The molecule has 4 aromatic rings. The van der Waals surface area contributed by atoms with Crippen LogP contribution in [0.4, 0.5) is 10.1 Å². The van der Waals surface area contributed by atoms with E-state index >= 15 is 0 Å². The number of nitrogens with zero attached hydrogens (tertiary/aromatic N) is 2. The van der Waals surface area contributed by atoms with Crippen molar-refractivity contribution in [2.75, 3.05) is 4.90 Å². The molecule has 0 bridgehead atoms. The topological polar surface area (TPSA) is 54.3 Å². The Kier molecular flexibility index (Phi) is 5.34. The Morgan fingerprint density at radius 3 is 2.41 bits per heavy atom. The van der Waals surface area contributed by atoms with Gasteiger partial charge >= 0.3 is 0 Å². The normalized spacial score (nSPS) is 15.3. The maximum Gasteiger partial charge on any atom is 0.270 e. The molecular formula is C27H20FN3O2S. The summed E-state index contributed by atoms with van der Waals surface area (Å²) in [5.41, 5.74) is 3.81. The molecule has 1 fully saturated rings. The van der Waals surface area contributed by atoms with Crippen molar-refractivity contribution in [1.29, 1.82) is 0 Å². The zero-order chi connectivity index (χ0) is 24.0. The van der Waals surface area contributed by atoms with Gasteiger partial charge < -0.3 is 4.57 Å². The molecule has 168 valence electrons. The summed E-state index contributed by atoms with van der Waals surface area (Å²) in [4.78, 5) is 27.7. The van der Waals surface area contributed by atoms with Gasteiger partial charge in [-0.1, -0.05) is 36.4 Å². The number of amides is 2. The number of anilines is 1. The first-order valence-electron chi connectivity index (χ1n) is 10.7. The van der Waals surface area contributed by atoms with Crippen LogP contribution in [0.25, 0.3) is 22.5 Å². The molecule has 0 spiro atoms. The van der Waals surface area contributed by atoms with Gasteiger partial charge in [0.15, 0.2) is 5.11 Å². The van der Waals surface area contributed by atoms with Gasteiger partial charge in [0.05, 0.1) is 5.69 Å². The molecule has 0 saturated carbocycles. The van der Waals surface area contributed by atoms with Crippen LogP contribution < -0.4 is 10.2 Å². The first kappa shape index (κ1) is 21.7. The molecule has 1 aromatic heterocycles. The van der Waals surface area contributed by atoms with Crippen LogP contribution in [0.1, 0.15) is 17.0 Å². The molecular weight excluding hydrogens is 449 g/mol. The third-order valence-electron chi connectivity index (χ3n) is 5.96. The number of benzene rings is 3. The number of fused-ring (bicyclic) bond motifs is 1. The van der Waals surface area contributed by atoms with Crippen LogP contribution >= 0.6 is 12.2 Å². The summed E-state index contributed by atoms with van der Waals surface area (Å²) in [6.07, 6.45) is 1.58. The van der Waals surface area contributed by atoms with Crippen molar-refractivity contribution in [3.8, 4) is 5.69 Å². The number of carbonyl (C=O) groups excluding carboxylic acids is 2. The summed E-state index contributed by atoms with van der Waals surface area (Å²) in [6.45, 7) is 3.81. The molecule has 1 N–H and O–H groups in total. The zero-order valence-corrected chi connectivity index (χ0v) is 19.3. The Bertz CT molecular complexity index is 1510. The molecule has 34 heavy (non-hydrogen) atoms. The molecule has 2 amide bonds. The van der Waals surface area contributed by atoms with E-state index in [4.69, 9.17) is 12.2 Å². The van der Waals surface area contributed by atoms with Crippen LogP contribution in [-0.2, 0) is 9.59 Å². The Hall–Kier alpha value is -4.10. The molecule has 1 aliphatic heterocycles. The minimum atomic E-state index is -0.543. The minimum Gasteiger partial charge on any atom is -0.318 e. The van der Waals surface area contributed by atoms with E-state index in [1.807, 2.05) is 66.9 Å². The highest BCUT2D eigenvalue weighted by Gasteiger charge is 2.35. The fourth-order valence-corrected chi connectivity index (χ4v) is 4.63. The number of carbonyl (C=O) groups is 2. The molecule has 5 nitrogen and oxygen atoms in total. The van der Waals surface area contributed by atoms with Gasteiger partial charge in [-0.3, -0.25) is 19.8 Å². The molecule has 1 saturated heterocycles. The highest BCUT2D eigenvalue weighted by atomic mass is 32.1.